The van der Waals surface area contributed by atoms with Crippen molar-refractivity contribution < 1.29 is 0 Å². The van der Waals surface area contributed by atoms with Crippen LogP contribution < -0.4 is 0 Å². The minimum Gasteiger partial charge on any atom is -0.300 e. The Bertz CT molecular complexity index is 749. The molecule has 0 amide bonds. The number of hydrogen-bond donors (Lipinski definition) is 0. The van der Waals surface area contributed by atoms with Crippen molar-refractivity contribution in [2.24, 2.45) is 0 Å². The minimum atomic E-state index is 0.951. The predicted molar refractivity (Wildman–Crippen MR) is 178 cm³/mol. The van der Waals surface area contributed by atoms with Crippen molar-refractivity contribution in [2.75, 3.05) is 35.2 Å². The van der Waals surface area contributed by atoms with Gasteiger partial charge in [-0.1, -0.05) is 25.7 Å². The Kier molecular flexibility index (Phi) is 11.0. The van der Waals surface area contributed by atoms with Crippen LogP contribution in [-0.2, 0) is 0 Å². The first-order valence-corrected chi connectivity index (χ1v) is 19.0. The molecular weight excluding hydrogens is 514 g/mol. The third kappa shape index (κ3) is 7.11. The molecule has 6 unspecified atom stereocenters. The SMILES string of the molecule is CN1C2CCC1C2.CN1C2CCC1CC2.CN1C2CCCC1C2.CN1C2CCCC1CC2.CN1C2CCCC1CCC2. The number of piperidine rings is 4. The molecule has 12 fully saturated rings. The van der Waals surface area contributed by atoms with E-state index in [0.717, 1.165) is 60.4 Å². The van der Waals surface area contributed by atoms with Crippen LogP contribution in [0.25, 0.3) is 0 Å². The van der Waals surface area contributed by atoms with E-state index in [2.05, 4.69) is 59.7 Å². The highest BCUT2D eigenvalue weighted by molar-refractivity contribution is 4.98. The van der Waals surface area contributed by atoms with Gasteiger partial charge in [-0.05, 0) is 151 Å². The lowest BCUT2D eigenvalue weighted by molar-refractivity contribution is -0.00221. The second-order valence-corrected chi connectivity index (χ2v) is 16.4. The van der Waals surface area contributed by atoms with Gasteiger partial charge < -0.3 is 24.5 Å². The summed E-state index contributed by atoms with van der Waals surface area (Å²) in [6.07, 6.45) is 32.4. The van der Waals surface area contributed by atoms with Crippen LogP contribution in [0.3, 0.4) is 0 Å². The van der Waals surface area contributed by atoms with E-state index < -0.39 is 0 Å². The van der Waals surface area contributed by atoms with Crippen molar-refractivity contribution in [3.8, 4) is 0 Å². The van der Waals surface area contributed by atoms with E-state index in [1.165, 1.54) is 141 Å². The van der Waals surface area contributed by atoms with Crippen LogP contribution in [0.1, 0.15) is 141 Å². The van der Waals surface area contributed by atoms with Crippen LogP contribution in [0.15, 0.2) is 0 Å². The van der Waals surface area contributed by atoms with Crippen molar-refractivity contribution in [2.45, 2.75) is 202 Å². The van der Waals surface area contributed by atoms with Crippen LogP contribution in [-0.4, -0.2) is 120 Å². The molecule has 2 aliphatic carbocycles. The summed E-state index contributed by atoms with van der Waals surface area (Å²) in [6, 6.07) is 9.71. The fraction of sp³-hybridized carbons (Fsp3) is 1.00. The van der Waals surface area contributed by atoms with Gasteiger partial charge in [0.05, 0.1) is 0 Å². The van der Waals surface area contributed by atoms with E-state index in [-0.39, 0.29) is 0 Å². The fourth-order valence-electron chi connectivity index (χ4n) is 11.0. The predicted octanol–water partition coefficient (Wildman–Crippen LogP) is 7.00. The van der Waals surface area contributed by atoms with E-state index in [0.29, 0.717) is 0 Å². The maximum atomic E-state index is 2.62. The molecule has 242 valence electrons. The molecule has 42 heavy (non-hydrogen) atoms. The summed E-state index contributed by atoms with van der Waals surface area (Å²) >= 11 is 0. The molecule has 12 rings (SSSR count). The molecule has 10 aliphatic heterocycles. The van der Waals surface area contributed by atoms with E-state index in [1.54, 1.807) is 0 Å². The van der Waals surface area contributed by atoms with E-state index in [1.807, 2.05) is 0 Å². The molecule has 10 saturated heterocycles. The van der Waals surface area contributed by atoms with E-state index >= 15 is 0 Å². The zero-order chi connectivity index (χ0) is 29.2. The largest absolute Gasteiger partial charge is 0.300 e. The fourth-order valence-corrected chi connectivity index (χ4v) is 11.0. The molecule has 5 heteroatoms. The van der Waals surface area contributed by atoms with Gasteiger partial charge in [0.25, 0.3) is 0 Å². The lowest BCUT2D eigenvalue weighted by Gasteiger charge is -2.50. The zero-order valence-electron chi connectivity index (χ0n) is 28.6. The van der Waals surface area contributed by atoms with Gasteiger partial charge in [-0.3, -0.25) is 0 Å². The summed E-state index contributed by atoms with van der Waals surface area (Å²) < 4.78 is 0. The maximum absolute atomic E-state index is 2.62. The second-order valence-electron chi connectivity index (χ2n) is 16.4. The molecule has 0 radical (unpaired) electrons. The summed E-state index contributed by atoms with van der Waals surface area (Å²) in [5, 5.41) is 0. The highest BCUT2D eigenvalue weighted by atomic mass is 15.2. The number of nitrogens with zero attached hydrogens (tertiary/aromatic N) is 5. The van der Waals surface area contributed by atoms with Gasteiger partial charge in [-0.2, -0.15) is 0 Å². The summed E-state index contributed by atoms with van der Waals surface area (Å²) in [5.41, 5.74) is 0. The average Bonchev–Trinajstić information content (AvgIpc) is 3.83. The van der Waals surface area contributed by atoms with Gasteiger partial charge in [0.15, 0.2) is 0 Å². The van der Waals surface area contributed by atoms with Gasteiger partial charge in [-0.25, -0.2) is 0 Å². The Morgan fingerprint density at radius 1 is 0.238 bits per heavy atom. The first-order chi connectivity index (χ1) is 20.4. The van der Waals surface area contributed by atoms with Crippen molar-refractivity contribution in [1.82, 2.24) is 24.5 Å². The average molecular weight is 584 g/mol. The first-order valence-electron chi connectivity index (χ1n) is 19.0. The van der Waals surface area contributed by atoms with Gasteiger partial charge >= 0.3 is 0 Å². The monoisotopic (exact) mass is 584 g/mol. The molecular formula is C37H69N5. The van der Waals surface area contributed by atoms with Crippen LogP contribution in [0.5, 0.6) is 0 Å². The summed E-state index contributed by atoms with van der Waals surface area (Å²) in [7, 11) is 11.4. The maximum Gasteiger partial charge on any atom is 0.0111 e. The smallest absolute Gasteiger partial charge is 0.0111 e. The first kappa shape index (κ1) is 31.8. The second kappa shape index (κ2) is 14.5. The van der Waals surface area contributed by atoms with Gasteiger partial charge in [0, 0.05) is 60.4 Å². The third-order valence-corrected chi connectivity index (χ3v) is 14.5. The molecule has 2 saturated carbocycles. The lowest BCUT2D eigenvalue weighted by Crippen LogP contribution is -2.56. The number of rotatable bonds is 0. The zero-order valence-corrected chi connectivity index (χ0v) is 28.6. The van der Waals surface area contributed by atoms with Crippen molar-refractivity contribution >= 4 is 0 Å². The standard InChI is InChI=1S/C9H17N.C8H15N.2C7H13N.C6H11N/c1-10-8-4-2-5-9(10)7-3-6-8;1-9-7-3-2-4-8(9)6-5-7;1-8-6-2-3-7(8)5-4-6;1-8-6-3-2-4-7(8)5-6;1-7-5-2-3-6(7)4-5/h8-9H,2-7H2,1H3;7-8H,2-6H2,1H3;2*6-7H,2-5H2,1H3;5-6H,2-4H2,1H3. The van der Waals surface area contributed by atoms with Gasteiger partial charge in [-0.15, -0.1) is 0 Å². The summed E-state index contributed by atoms with van der Waals surface area (Å²) in [5.74, 6) is 0. The lowest BCUT2D eigenvalue weighted by atomic mass is 9.80. The van der Waals surface area contributed by atoms with Crippen molar-refractivity contribution in [1.29, 1.82) is 0 Å². The quantitative estimate of drug-likeness (QED) is 0.304. The van der Waals surface area contributed by atoms with E-state index in [4.69, 9.17) is 0 Å². The minimum absolute atomic E-state index is 0.951. The highest BCUT2D eigenvalue weighted by Crippen LogP contribution is 2.39. The Morgan fingerprint density at radius 3 is 0.548 bits per heavy atom. The number of fused-ring (bicyclic) bond motifs is 9. The van der Waals surface area contributed by atoms with Crippen LogP contribution in [0, 0.1) is 0 Å². The van der Waals surface area contributed by atoms with Crippen LogP contribution >= 0.6 is 0 Å². The number of hydrogen-bond acceptors (Lipinski definition) is 5. The molecule has 6 atom stereocenters. The molecule has 10 heterocycles. The Balaban J connectivity index is 0.0000000943. The summed E-state index contributed by atoms with van der Waals surface area (Å²) in [4.78, 5) is 12.8. The Hall–Kier alpha value is -0.200. The molecule has 10 bridgehead atoms. The molecule has 0 aromatic carbocycles. The van der Waals surface area contributed by atoms with Gasteiger partial charge in [0.2, 0.25) is 0 Å². The Morgan fingerprint density at radius 2 is 0.405 bits per heavy atom. The van der Waals surface area contributed by atoms with Crippen molar-refractivity contribution in [3.05, 3.63) is 0 Å². The van der Waals surface area contributed by atoms with E-state index in [9.17, 15) is 0 Å². The summed E-state index contributed by atoms with van der Waals surface area (Å²) in [6.45, 7) is 0. The molecule has 12 aliphatic rings. The molecule has 0 spiro atoms. The molecule has 0 aromatic heterocycles. The third-order valence-electron chi connectivity index (χ3n) is 14.5. The Labute approximate surface area is 261 Å². The van der Waals surface area contributed by atoms with Crippen LogP contribution in [0.4, 0.5) is 0 Å². The molecule has 0 aromatic rings. The normalized spacial score (nSPS) is 45.1. The molecule has 5 nitrogen and oxygen atoms in total. The highest BCUT2D eigenvalue weighted by Gasteiger charge is 2.41. The topological polar surface area (TPSA) is 16.2 Å². The van der Waals surface area contributed by atoms with Crippen LogP contribution in [0.2, 0.25) is 0 Å². The molecule has 0 N–H and O–H groups in total. The van der Waals surface area contributed by atoms with Gasteiger partial charge in [0.1, 0.15) is 0 Å². The van der Waals surface area contributed by atoms with Crippen molar-refractivity contribution in [3.63, 3.8) is 0 Å².